The summed E-state index contributed by atoms with van der Waals surface area (Å²) in [5.41, 5.74) is 1.29. The Morgan fingerprint density at radius 1 is 1.50 bits per heavy atom. The smallest absolute Gasteiger partial charge is 0.0312 e. The molecule has 2 unspecified atom stereocenters. The summed E-state index contributed by atoms with van der Waals surface area (Å²) < 4.78 is 0. The zero-order valence-corrected chi connectivity index (χ0v) is 10.7. The molecule has 0 radical (unpaired) electrons. The average Bonchev–Trinajstić information content (AvgIpc) is 2.76. The van der Waals surface area contributed by atoms with E-state index in [4.69, 9.17) is 0 Å². The van der Waals surface area contributed by atoms with Crippen LogP contribution < -0.4 is 5.32 Å². The van der Waals surface area contributed by atoms with E-state index >= 15 is 0 Å². The molecule has 88 valence electrons. The van der Waals surface area contributed by atoms with E-state index in [9.17, 15) is 0 Å². The normalized spacial score (nSPS) is 24.8. The summed E-state index contributed by atoms with van der Waals surface area (Å²) in [4.78, 5) is 4.14. The van der Waals surface area contributed by atoms with Gasteiger partial charge in [0.15, 0.2) is 0 Å². The molecule has 2 nitrogen and oxygen atoms in total. The molecule has 1 aromatic rings. The van der Waals surface area contributed by atoms with Gasteiger partial charge in [-0.1, -0.05) is 19.4 Å². The molecule has 0 saturated heterocycles. The first-order chi connectivity index (χ1) is 7.90. The van der Waals surface area contributed by atoms with Crippen LogP contribution in [0.25, 0.3) is 0 Å². The maximum absolute atomic E-state index is 4.14. The van der Waals surface area contributed by atoms with Gasteiger partial charge >= 0.3 is 0 Å². The molecule has 2 rings (SSSR count). The Labute approximate surface area is 102 Å². The highest BCUT2D eigenvalue weighted by Crippen LogP contribution is 2.29. The van der Waals surface area contributed by atoms with Crippen molar-refractivity contribution >= 4 is 11.8 Å². The Morgan fingerprint density at radius 2 is 2.44 bits per heavy atom. The van der Waals surface area contributed by atoms with E-state index < -0.39 is 0 Å². The van der Waals surface area contributed by atoms with Gasteiger partial charge in [-0.3, -0.25) is 4.98 Å². The summed E-state index contributed by atoms with van der Waals surface area (Å²) in [7, 11) is 0. The first-order valence-corrected chi connectivity index (χ1v) is 7.19. The van der Waals surface area contributed by atoms with Gasteiger partial charge in [0.05, 0.1) is 0 Å². The number of pyridine rings is 1. The molecular formula is C13H20N2S. The number of thioether (sulfide) groups is 1. The molecule has 0 aliphatic heterocycles. The third kappa shape index (κ3) is 3.22. The van der Waals surface area contributed by atoms with Crippen molar-refractivity contribution in [1.29, 1.82) is 0 Å². The van der Waals surface area contributed by atoms with Gasteiger partial charge in [-0.05, 0) is 30.2 Å². The van der Waals surface area contributed by atoms with Gasteiger partial charge in [-0.2, -0.15) is 11.8 Å². The first kappa shape index (κ1) is 11.9. The van der Waals surface area contributed by atoms with E-state index in [1.807, 2.05) is 18.5 Å². The summed E-state index contributed by atoms with van der Waals surface area (Å²) in [6.07, 6.45) is 7.86. The van der Waals surface area contributed by atoms with Gasteiger partial charge in [-0.15, -0.1) is 0 Å². The van der Waals surface area contributed by atoms with Crippen molar-refractivity contribution in [2.75, 3.05) is 5.75 Å². The van der Waals surface area contributed by atoms with Crippen molar-refractivity contribution in [1.82, 2.24) is 10.3 Å². The van der Waals surface area contributed by atoms with Crippen LogP contribution >= 0.6 is 11.8 Å². The number of hydrogen-bond acceptors (Lipinski definition) is 3. The van der Waals surface area contributed by atoms with Crippen LogP contribution in [-0.4, -0.2) is 22.0 Å². The second-order valence-corrected chi connectivity index (χ2v) is 5.79. The van der Waals surface area contributed by atoms with Crippen molar-refractivity contribution in [2.24, 2.45) is 0 Å². The molecule has 1 saturated carbocycles. The van der Waals surface area contributed by atoms with Crippen molar-refractivity contribution in [3.63, 3.8) is 0 Å². The lowest BCUT2D eigenvalue weighted by atomic mass is 10.2. The Kier molecular flexibility index (Phi) is 4.67. The van der Waals surface area contributed by atoms with E-state index in [1.54, 1.807) is 0 Å². The molecule has 2 atom stereocenters. The van der Waals surface area contributed by atoms with Gasteiger partial charge in [0, 0.05) is 30.2 Å². The van der Waals surface area contributed by atoms with Crippen molar-refractivity contribution in [3.8, 4) is 0 Å². The lowest BCUT2D eigenvalue weighted by molar-refractivity contribution is 0.531. The molecule has 1 aliphatic carbocycles. The quantitative estimate of drug-likeness (QED) is 0.851. The van der Waals surface area contributed by atoms with Crippen molar-refractivity contribution in [2.45, 2.75) is 44.0 Å². The lowest BCUT2D eigenvalue weighted by Crippen LogP contribution is -2.33. The highest BCUT2D eigenvalue weighted by molar-refractivity contribution is 7.99. The number of rotatable bonds is 5. The van der Waals surface area contributed by atoms with Crippen molar-refractivity contribution < 1.29 is 0 Å². The fourth-order valence-corrected chi connectivity index (χ4v) is 3.55. The van der Waals surface area contributed by atoms with E-state index in [0.717, 1.165) is 11.8 Å². The van der Waals surface area contributed by atoms with Crippen LogP contribution in [0.1, 0.15) is 31.7 Å². The Bertz CT molecular complexity index is 302. The molecule has 1 aromatic heterocycles. The molecule has 1 N–H and O–H groups in total. The molecule has 1 aliphatic rings. The van der Waals surface area contributed by atoms with Gasteiger partial charge in [-0.25, -0.2) is 0 Å². The van der Waals surface area contributed by atoms with E-state index in [2.05, 4.69) is 35.1 Å². The van der Waals surface area contributed by atoms with E-state index in [1.165, 1.54) is 30.6 Å². The number of aromatic nitrogens is 1. The van der Waals surface area contributed by atoms with Crippen LogP contribution in [0.15, 0.2) is 24.5 Å². The zero-order valence-electron chi connectivity index (χ0n) is 9.86. The van der Waals surface area contributed by atoms with Crippen LogP contribution in [0.4, 0.5) is 0 Å². The molecule has 1 fully saturated rings. The largest absolute Gasteiger partial charge is 0.309 e. The molecule has 0 amide bonds. The van der Waals surface area contributed by atoms with Gasteiger partial charge in [0.25, 0.3) is 0 Å². The molecule has 0 aromatic carbocycles. The number of nitrogens with one attached hydrogen (secondary N) is 1. The third-order valence-electron chi connectivity index (χ3n) is 3.12. The Morgan fingerprint density at radius 3 is 3.19 bits per heavy atom. The van der Waals surface area contributed by atoms with E-state index in [-0.39, 0.29) is 0 Å². The Hall–Kier alpha value is -0.540. The minimum absolute atomic E-state index is 0.699. The summed E-state index contributed by atoms with van der Waals surface area (Å²) in [6, 6.07) is 4.84. The topological polar surface area (TPSA) is 24.9 Å². The van der Waals surface area contributed by atoms with Crippen molar-refractivity contribution in [3.05, 3.63) is 30.1 Å². The molecule has 1 heterocycles. The van der Waals surface area contributed by atoms with Gasteiger partial charge < -0.3 is 5.32 Å². The fraction of sp³-hybridized carbons (Fsp3) is 0.615. The highest BCUT2D eigenvalue weighted by atomic mass is 32.2. The Balaban J connectivity index is 1.81. The maximum Gasteiger partial charge on any atom is 0.0312 e. The zero-order chi connectivity index (χ0) is 11.2. The predicted molar refractivity (Wildman–Crippen MR) is 70.6 cm³/mol. The summed E-state index contributed by atoms with van der Waals surface area (Å²) >= 11 is 2.10. The van der Waals surface area contributed by atoms with Crippen LogP contribution in [0.3, 0.4) is 0 Å². The minimum atomic E-state index is 0.699. The summed E-state index contributed by atoms with van der Waals surface area (Å²) in [5, 5.41) is 4.49. The van der Waals surface area contributed by atoms with Crippen LogP contribution in [0, 0.1) is 0 Å². The van der Waals surface area contributed by atoms with Crippen LogP contribution in [0.2, 0.25) is 0 Å². The van der Waals surface area contributed by atoms with E-state index in [0.29, 0.717) is 6.04 Å². The minimum Gasteiger partial charge on any atom is -0.309 e. The maximum atomic E-state index is 4.14. The SMILES string of the molecule is CCSC1CCCC1NCc1cccnc1. The monoisotopic (exact) mass is 236 g/mol. The highest BCUT2D eigenvalue weighted by Gasteiger charge is 2.26. The van der Waals surface area contributed by atoms with Gasteiger partial charge in [0.2, 0.25) is 0 Å². The molecular weight excluding hydrogens is 216 g/mol. The lowest BCUT2D eigenvalue weighted by Gasteiger charge is -2.20. The van der Waals surface area contributed by atoms with Gasteiger partial charge in [0.1, 0.15) is 0 Å². The standard InChI is InChI=1S/C13H20N2S/c1-2-16-13-7-3-6-12(13)15-10-11-5-4-8-14-9-11/h4-5,8-9,12-13,15H,2-3,6-7,10H2,1H3. The van der Waals surface area contributed by atoms with Crippen LogP contribution in [0.5, 0.6) is 0 Å². The molecule has 3 heteroatoms. The average molecular weight is 236 g/mol. The summed E-state index contributed by atoms with van der Waals surface area (Å²) in [6.45, 7) is 3.21. The third-order valence-corrected chi connectivity index (χ3v) is 4.45. The second-order valence-electron chi connectivity index (χ2n) is 4.27. The fourth-order valence-electron chi connectivity index (χ4n) is 2.32. The molecule has 0 spiro atoms. The summed E-state index contributed by atoms with van der Waals surface area (Å²) in [5.74, 6) is 1.23. The second kappa shape index (κ2) is 6.26. The predicted octanol–water partition coefficient (Wildman–Crippen LogP) is 2.85. The number of nitrogens with zero attached hydrogens (tertiary/aromatic N) is 1. The number of hydrogen-bond donors (Lipinski definition) is 1. The molecule has 16 heavy (non-hydrogen) atoms. The molecule has 0 bridgehead atoms. The van der Waals surface area contributed by atoms with Crippen LogP contribution in [-0.2, 0) is 6.54 Å². The first-order valence-electron chi connectivity index (χ1n) is 6.14.